The van der Waals surface area contributed by atoms with Crippen molar-refractivity contribution in [3.63, 3.8) is 0 Å². The van der Waals surface area contributed by atoms with Crippen LogP contribution in [0.25, 0.3) is 0 Å². The molecule has 0 aromatic heterocycles. The highest BCUT2D eigenvalue weighted by atomic mass is 19.1. The lowest BCUT2D eigenvalue weighted by Crippen LogP contribution is -2.38. The number of hydrogen-bond acceptors (Lipinski definition) is 2. The van der Waals surface area contributed by atoms with E-state index in [2.05, 4.69) is 0 Å². The lowest BCUT2D eigenvalue weighted by atomic mass is 9.90. The van der Waals surface area contributed by atoms with Gasteiger partial charge in [0.25, 0.3) is 0 Å². The summed E-state index contributed by atoms with van der Waals surface area (Å²) in [5.74, 6) is -1.17. The van der Waals surface area contributed by atoms with E-state index in [4.69, 9.17) is 10.8 Å². The molecule has 0 saturated carbocycles. The summed E-state index contributed by atoms with van der Waals surface area (Å²) >= 11 is 0. The van der Waals surface area contributed by atoms with E-state index < -0.39 is 17.7 Å². The molecule has 1 rings (SSSR count). The standard InChI is InChI=1S/C9H12FNO2/c10-9(4-2-1-3-5-9)6-7(11)8(12)13/h1-4,7H,5-6,11H2,(H,12,13)/t7-,9?/m1/s1. The first-order chi connectivity index (χ1) is 6.03. The third-order valence-corrected chi connectivity index (χ3v) is 1.98. The molecule has 4 heteroatoms. The van der Waals surface area contributed by atoms with Gasteiger partial charge in [0.15, 0.2) is 0 Å². The minimum atomic E-state index is -1.59. The second-order valence-corrected chi connectivity index (χ2v) is 3.17. The van der Waals surface area contributed by atoms with Crippen molar-refractivity contribution < 1.29 is 14.3 Å². The molecule has 1 aliphatic carbocycles. The van der Waals surface area contributed by atoms with Gasteiger partial charge in [-0.3, -0.25) is 4.79 Å². The number of carboxylic acids is 1. The lowest BCUT2D eigenvalue weighted by molar-refractivity contribution is -0.139. The van der Waals surface area contributed by atoms with Crippen LogP contribution in [0.1, 0.15) is 12.8 Å². The maximum atomic E-state index is 13.7. The van der Waals surface area contributed by atoms with E-state index in [0.29, 0.717) is 0 Å². The molecule has 2 atom stereocenters. The molecule has 72 valence electrons. The Morgan fingerprint density at radius 2 is 2.38 bits per heavy atom. The number of hydrogen-bond donors (Lipinski definition) is 2. The molecule has 3 N–H and O–H groups in total. The number of halogens is 1. The van der Waals surface area contributed by atoms with E-state index in [9.17, 15) is 9.18 Å². The zero-order valence-corrected chi connectivity index (χ0v) is 7.11. The number of aliphatic carboxylic acids is 1. The third kappa shape index (κ3) is 2.66. The molecular formula is C9H12FNO2. The van der Waals surface area contributed by atoms with Crippen LogP contribution in [-0.2, 0) is 4.79 Å². The Hall–Kier alpha value is -1.16. The zero-order valence-electron chi connectivity index (χ0n) is 7.11. The van der Waals surface area contributed by atoms with Crippen LogP contribution < -0.4 is 5.73 Å². The van der Waals surface area contributed by atoms with Gasteiger partial charge in [-0.15, -0.1) is 0 Å². The maximum Gasteiger partial charge on any atom is 0.320 e. The van der Waals surface area contributed by atoms with Crippen LogP contribution in [0.2, 0.25) is 0 Å². The van der Waals surface area contributed by atoms with Crippen molar-refractivity contribution in [1.82, 2.24) is 0 Å². The molecular weight excluding hydrogens is 173 g/mol. The molecule has 0 radical (unpaired) electrons. The van der Waals surface area contributed by atoms with Gasteiger partial charge in [0.2, 0.25) is 0 Å². The Kier molecular flexibility index (Phi) is 2.83. The molecule has 1 unspecified atom stereocenters. The van der Waals surface area contributed by atoms with E-state index in [1.807, 2.05) is 0 Å². The number of carboxylic acid groups (broad SMARTS) is 1. The number of carbonyl (C=O) groups is 1. The SMILES string of the molecule is N[C@H](CC1(F)C=CC=CC1)C(=O)O. The second kappa shape index (κ2) is 3.70. The van der Waals surface area contributed by atoms with Gasteiger partial charge < -0.3 is 10.8 Å². The van der Waals surface area contributed by atoms with Gasteiger partial charge in [-0.2, -0.15) is 0 Å². The highest BCUT2D eigenvalue weighted by molar-refractivity contribution is 5.73. The fraction of sp³-hybridized carbons (Fsp3) is 0.444. The summed E-state index contributed by atoms with van der Waals surface area (Å²) in [5, 5.41) is 8.49. The number of alkyl halides is 1. The van der Waals surface area contributed by atoms with Crippen LogP contribution in [0.4, 0.5) is 4.39 Å². The maximum absolute atomic E-state index is 13.7. The average molecular weight is 185 g/mol. The molecule has 0 aromatic rings. The van der Waals surface area contributed by atoms with Crippen LogP contribution in [0.15, 0.2) is 24.3 Å². The molecule has 0 amide bonds. The molecule has 13 heavy (non-hydrogen) atoms. The average Bonchev–Trinajstić information content (AvgIpc) is 2.04. The van der Waals surface area contributed by atoms with E-state index in [0.717, 1.165) is 0 Å². The quantitative estimate of drug-likeness (QED) is 0.689. The predicted octanol–water partition coefficient (Wildman–Crippen LogP) is 1.01. The largest absolute Gasteiger partial charge is 0.480 e. The minimum Gasteiger partial charge on any atom is -0.480 e. The first-order valence-electron chi connectivity index (χ1n) is 4.05. The van der Waals surface area contributed by atoms with Gasteiger partial charge in [-0.1, -0.05) is 18.2 Å². The Labute approximate surface area is 75.7 Å². The highest BCUT2D eigenvalue weighted by Gasteiger charge is 2.31. The third-order valence-electron chi connectivity index (χ3n) is 1.98. The first-order valence-corrected chi connectivity index (χ1v) is 4.05. The summed E-state index contributed by atoms with van der Waals surface area (Å²) in [4.78, 5) is 10.4. The molecule has 0 saturated heterocycles. The smallest absolute Gasteiger partial charge is 0.320 e. The van der Waals surface area contributed by atoms with Crippen LogP contribution >= 0.6 is 0 Å². The molecule has 0 heterocycles. The molecule has 0 bridgehead atoms. The Morgan fingerprint density at radius 1 is 1.69 bits per heavy atom. The van der Waals surface area contributed by atoms with E-state index in [1.54, 1.807) is 18.2 Å². The van der Waals surface area contributed by atoms with Crippen LogP contribution in [0, 0.1) is 0 Å². The van der Waals surface area contributed by atoms with Crippen LogP contribution in [-0.4, -0.2) is 22.8 Å². The van der Waals surface area contributed by atoms with Gasteiger partial charge in [-0.05, 0) is 6.08 Å². The van der Waals surface area contributed by atoms with Crippen molar-refractivity contribution in [2.75, 3.05) is 0 Å². The highest BCUT2D eigenvalue weighted by Crippen LogP contribution is 2.27. The number of allylic oxidation sites excluding steroid dienone is 4. The molecule has 0 aromatic carbocycles. The van der Waals surface area contributed by atoms with Crippen molar-refractivity contribution in [3.8, 4) is 0 Å². The van der Waals surface area contributed by atoms with E-state index in [-0.39, 0.29) is 12.8 Å². The van der Waals surface area contributed by atoms with Gasteiger partial charge in [-0.25, -0.2) is 4.39 Å². The van der Waals surface area contributed by atoms with Crippen molar-refractivity contribution in [1.29, 1.82) is 0 Å². The summed E-state index contributed by atoms with van der Waals surface area (Å²) in [6, 6.07) is -1.14. The van der Waals surface area contributed by atoms with Gasteiger partial charge in [0.05, 0.1) is 0 Å². The molecule has 0 fully saturated rings. The van der Waals surface area contributed by atoms with Crippen molar-refractivity contribution in [2.45, 2.75) is 24.6 Å². The normalized spacial score (nSPS) is 28.8. The molecule has 3 nitrogen and oxygen atoms in total. The zero-order chi connectivity index (χ0) is 9.90. The van der Waals surface area contributed by atoms with Crippen molar-refractivity contribution in [2.24, 2.45) is 5.73 Å². The second-order valence-electron chi connectivity index (χ2n) is 3.17. The number of nitrogens with two attached hydrogens (primary N) is 1. The fourth-order valence-corrected chi connectivity index (χ4v) is 1.24. The summed E-state index contributed by atoms with van der Waals surface area (Å²) in [6.45, 7) is 0. The van der Waals surface area contributed by atoms with Crippen molar-refractivity contribution in [3.05, 3.63) is 24.3 Å². The molecule has 1 aliphatic rings. The summed E-state index contributed by atoms with van der Waals surface area (Å²) in [7, 11) is 0. The van der Waals surface area contributed by atoms with Gasteiger partial charge in [0.1, 0.15) is 11.7 Å². The van der Waals surface area contributed by atoms with E-state index in [1.165, 1.54) is 6.08 Å². The lowest BCUT2D eigenvalue weighted by Gasteiger charge is -2.23. The van der Waals surface area contributed by atoms with Crippen molar-refractivity contribution >= 4 is 5.97 Å². The van der Waals surface area contributed by atoms with E-state index >= 15 is 0 Å². The van der Waals surface area contributed by atoms with Gasteiger partial charge >= 0.3 is 5.97 Å². The minimum absolute atomic E-state index is 0.177. The summed E-state index contributed by atoms with van der Waals surface area (Å²) in [5.41, 5.74) is 3.64. The Balaban J connectivity index is 2.57. The summed E-state index contributed by atoms with van der Waals surface area (Å²) < 4.78 is 13.7. The number of rotatable bonds is 3. The molecule has 0 spiro atoms. The van der Waals surface area contributed by atoms with Crippen LogP contribution in [0.3, 0.4) is 0 Å². The topological polar surface area (TPSA) is 63.3 Å². The van der Waals surface area contributed by atoms with Crippen LogP contribution in [0.5, 0.6) is 0 Å². The fourth-order valence-electron chi connectivity index (χ4n) is 1.24. The summed E-state index contributed by atoms with van der Waals surface area (Å²) in [6.07, 6.45) is 6.33. The first kappa shape index (κ1) is 9.92. The Bertz CT molecular complexity index is 262. The predicted molar refractivity (Wildman–Crippen MR) is 47.0 cm³/mol. The Morgan fingerprint density at radius 3 is 2.85 bits per heavy atom. The molecule has 0 aliphatic heterocycles. The van der Waals surface area contributed by atoms with Gasteiger partial charge in [0, 0.05) is 12.8 Å². The monoisotopic (exact) mass is 185 g/mol.